The Morgan fingerprint density at radius 1 is 1.03 bits per heavy atom. The number of likely N-dealkylation sites (tertiary alicyclic amines) is 1. The summed E-state index contributed by atoms with van der Waals surface area (Å²) in [5.41, 5.74) is 0.788. The number of nitrogens with one attached hydrogen (secondary N) is 1. The van der Waals surface area contributed by atoms with Gasteiger partial charge < -0.3 is 4.74 Å². The monoisotopic (exact) mass is 508 g/mol. The van der Waals surface area contributed by atoms with Crippen molar-refractivity contribution in [2.45, 2.75) is 62.3 Å². The molecule has 10 heteroatoms. The normalized spacial score (nSPS) is 21.1. The highest BCUT2D eigenvalue weighted by molar-refractivity contribution is 7.91. The summed E-state index contributed by atoms with van der Waals surface area (Å²) in [4.78, 5) is 14.6. The smallest absolute Gasteiger partial charge is 0.267 e. The number of hydrogen-bond acceptors (Lipinski definition) is 5. The molecule has 0 unspecified atom stereocenters. The lowest BCUT2D eigenvalue weighted by Gasteiger charge is -2.33. The SMILES string of the molecule is O=C(NS(=O)(=O)C1CC1)c1cc(C2CC2)c(O[C@@H]2CCCN(Cc3ccc(F)cc3F)C2)cc1F. The lowest BCUT2D eigenvalue weighted by atomic mass is 10.0. The van der Waals surface area contributed by atoms with Crippen molar-refractivity contribution >= 4 is 15.9 Å². The molecule has 0 aromatic heterocycles. The van der Waals surface area contributed by atoms with Crippen molar-refractivity contribution < 1.29 is 31.1 Å². The van der Waals surface area contributed by atoms with E-state index in [0.717, 1.165) is 38.3 Å². The summed E-state index contributed by atoms with van der Waals surface area (Å²) in [6, 6.07) is 6.11. The Hall–Kier alpha value is -2.59. The van der Waals surface area contributed by atoms with Crippen molar-refractivity contribution in [1.29, 1.82) is 0 Å². The van der Waals surface area contributed by atoms with E-state index in [-0.39, 0.29) is 17.6 Å². The highest BCUT2D eigenvalue weighted by Crippen LogP contribution is 2.45. The third-order valence-electron chi connectivity index (χ3n) is 6.72. The van der Waals surface area contributed by atoms with E-state index in [1.807, 2.05) is 9.62 Å². The minimum atomic E-state index is -3.79. The Morgan fingerprint density at radius 3 is 2.49 bits per heavy atom. The second kappa shape index (κ2) is 9.46. The number of benzene rings is 2. The first kappa shape index (κ1) is 24.1. The average molecular weight is 509 g/mol. The molecule has 0 spiro atoms. The van der Waals surface area contributed by atoms with Crippen LogP contribution in [-0.4, -0.2) is 43.7 Å². The summed E-state index contributed by atoms with van der Waals surface area (Å²) in [5, 5.41) is -0.586. The van der Waals surface area contributed by atoms with Gasteiger partial charge in [0.1, 0.15) is 29.3 Å². The van der Waals surface area contributed by atoms with E-state index in [0.29, 0.717) is 42.8 Å². The van der Waals surface area contributed by atoms with Gasteiger partial charge >= 0.3 is 0 Å². The molecule has 0 radical (unpaired) electrons. The molecule has 2 aromatic carbocycles. The Balaban J connectivity index is 1.30. The minimum absolute atomic E-state index is 0.130. The molecule has 3 fully saturated rings. The van der Waals surface area contributed by atoms with Crippen LogP contribution in [0.5, 0.6) is 5.75 Å². The first-order valence-electron chi connectivity index (χ1n) is 11.9. The van der Waals surface area contributed by atoms with Crippen molar-refractivity contribution in [2.75, 3.05) is 13.1 Å². The van der Waals surface area contributed by atoms with Crippen molar-refractivity contribution in [3.63, 3.8) is 0 Å². The van der Waals surface area contributed by atoms with E-state index >= 15 is 0 Å². The van der Waals surface area contributed by atoms with E-state index in [4.69, 9.17) is 4.74 Å². The number of sulfonamides is 1. The number of piperidine rings is 1. The highest BCUT2D eigenvalue weighted by atomic mass is 32.2. The van der Waals surface area contributed by atoms with Crippen molar-refractivity contribution in [1.82, 2.24) is 9.62 Å². The Morgan fingerprint density at radius 2 is 1.80 bits per heavy atom. The van der Waals surface area contributed by atoms with E-state index in [1.165, 1.54) is 24.3 Å². The molecule has 6 nitrogen and oxygen atoms in total. The van der Waals surface area contributed by atoms with Crippen LogP contribution in [0.3, 0.4) is 0 Å². The quantitative estimate of drug-likeness (QED) is 0.577. The Kier molecular flexibility index (Phi) is 6.52. The van der Waals surface area contributed by atoms with Crippen LogP contribution in [0.2, 0.25) is 0 Å². The summed E-state index contributed by atoms with van der Waals surface area (Å²) >= 11 is 0. The molecule has 1 atom stereocenters. The number of halogens is 3. The molecule has 35 heavy (non-hydrogen) atoms. The molecule has 1 aliphatic heterocycles. The summed E-state index contributed by atoms with van der Waals surface area (Å²) in [6.07, 6.45) is 4.02. The molecule has 2 saturated carbocycles. The van der Waals surface area contributed by atoms with Gasteiger partial charge in [-0.15, -0.1) is 0 Å². The van der Waals surface area contributed by atoms with Gasteiger partial charge in [0.2, 0.25) is 10.0 Å². The Bertz CT molecular complexity index is 1250. The van der Waals surface area contributed by atoms with Crippen LogP contribution in [0.25, 0.3) is 0 Å². The van der Waals surface area contributed by atoms with Gasteiger partial charge in [-0.2, -0.15) is 0 Å². The number of carbonyl (C=O) groups is 1. The van der Waals surface area contributed by atoms with Crippen LogP contribution < -0.4 is 9.46 Å². The molecule has 2 aliphatic carbocycles. The van der Waals surface area contributed by atoms with Gasteiger partial charge in [-0.3, -0.25) is 9.69 Å². The average Bonchev–Trinajstić information content (AvgIpc) is 3.68. The van der Waals surface area contributed by atoms with Crippen molar-refractivity contribution in [3.8, 4) is 5.75 Å². The van der Waals surface area contributed by atoms with Gasteiger partial charge in [-0.1, -0.05) is 6.07 Å². The number of amides is 1. The molecule has 1 saturated heterocycles. The van der Waals surface area contributed by atoms with Gasteiger partial charge in [0.25, 0.3) is 5.91 Å². The van der Waals surface area contributed by atoms with Gasteiger partial charge in [-0.25, -0.2) is 26.3 Å². The summed E-state index contributed by atoms with van der Waals surface area (Å²) < 4.78 is 74.6. The predicted molar refractivity (Wildman–Crippen MR) is 123 cm³/mol. The third-order valence-corrected chi connectivity index (χ3v) is 8.54. The van der Waals surface area contributed by atoms with Crippen LogP contribution in [0.1, 0.15) is 65.9 Å². The number of nitrogens with zero attached hydrogens (tertiary/aromatic N) is 1. The zero-order valence-corrected chi connectivity index (χ0v) is 19.9. The zero-order chi connectivity index (χ0) is 24.7. The van der Waals surface area contributed by atoms with Gasteiger partial charge in [0, 0.05) is 30.8 Å². The molecule has 0 bridgehead atoms. The van der Waals surface area contributed by atoms with Gasteiger partial charge in [-0.05, 0) is 68.7 Å². The first-order valence-corrected chi connectivity index (χ1v) is 13.5. The van der Waals surface area contributed by atoms with Crippen LogP contribution in [0, 0.1) is 17.5 Å². The van der Waals surface area contributed by atoms with Crippen LogP contribution in [0.4, 0.5) is 13.2 Å². The van der Waals surface area contributed by atoms with Gasteiger partial charge in [0.05, 0.1) is 10.8 Å². The van der Waals surface area contributed by atoms with Crippen LogP contribution >= 0.6 is 0 Å². The van der Waals surface area contributed by atoms with Crippen LogP contribution in [-0.2, 0) is 16.6 Å². The number of ether oxygens (including phenoxy) is 1. The fraction of sp³-hybridized carbons (Fsp3) is 0.480. The third kappa shape index (κ3) is 5.64. The highest BCUT2D eigenvalue weighted by Gasteiger charge is 2.38. The molecule has 3 aliphatic rings. The predicted octanol–water partition coefficient (Wildman–Crippen LogP) is 4.25. The maximum absolute atomic E-state index is 14.9. The standard InChI is InChI=1S/C25H27F3N2O4S/c26-17-6-5-16(22(27)10-17)13-30-9-1-2-18(14-30)34-24-12-23(28)21(11-20(24)15-3-4-15)25(31)29-35(32,33)19-7-8-19/h5-6,10-12,15,18-19H,1-4,7-9,13-14H2,(H,29,31)/t18-/m1/s1. The second-order valence-electron chi connectivity index (χ2n) is 9.67. The molecular weight excluding hydrogens is 481 g/mol. The molecule has 1 N–H and O–H groups in total. The van der Waals surface area contributed by atoms with Gasteiger partial charge in [0.15, 0.2) is 0 Å². The molecule has 1 heterocycles. The summed E-state index contributed by atoms with van der Waals surface area (Å²) in [6.45, 7) is 1.53. The fourth-order valence-electron chi connectivity index (χ4n) is 4.53. The van der Waals surface area contributed by atoms with E-state index in [1.54, 1.807) is 0 Å². The summed E-state index contributed by atoms with van der Waals surface area (Å²) in [7, 11) is -3.79. The fourth-order valence-corrected chi connectivity index (χ4v) is 5.82. The lowest BCUT2D eigenvalue weighted by molar-refractivity contribution is 0.0826. The second-order valence-corrected chi connectivity index (χ2v) is 11.6. The lowest BCUT2D eigenvalue weighted by Crippen LogP contribution is -2.41. The Labute approximate surface area is 202 Å². The first-order chi connectivity index (χ1) is 16.7. The van der Waals surface area contributed by atoms with Crippen LogP contribution in [0.15, 0.2) is 30.3 Å². The number of hydrogen-bond donors (Lipinski definition) is 1. The maximum atomic E-state index is 14.9. The molecule has 5 rings (SSSR count). The van der Waals surface area contributed by atoms with E-state index in [9.17, 15) is 26.4 Å². The number of carbonyl (C=O) groups excluding carboxylic acids is 1. The molecule has 2 aromatic rings. The summed E-state index contributed by atoms with van der Waals surface area (Å²) in [5.74, 6) is -2.54. The van der Waals surface area contributed by atoms with E-state index < -0.39 is 38.6 Å². The largest absolute Gasteiger partial charge is 0.489 e. The van der Waals surface area contributed by atoms with E-state index in [2.05, 4.69) is 0 Å². The number of rotatable bonds is 8. The minimum Gasteiger partial charge on any atom is -0.489 e. The van der Waals surface area contributed by atoms with Crippen molar-refractivity contribution in [2.24, 2.45) is 0 Å². The van der Waals surface area contributed by atoms with Crippen molar-refractivity contribution in [3.05, 3.63) is 64.5 Å². The molecule has 1 amide bonds. The topological polar surface area (TPSA) is 75.7 Å². The maximum Gasteiger partial charge on any atom is 0.267 e. The zero-order valence-electron chi connectivity index (χ0n) is 19.1. The molecular formula is C25H27F3N2O4S. The molecule has 188 valence electrons.